The second-order valence-corrected chi connectivity index (χ2v) is 6.70. The van der Waals surface area contributed by atoms with Gasteiger partial charge in [-0.25, -0.2) is 0 Å². The van der Waals surface area contributed by atoms with Crippen LogP contribution >= 0.6 is 15.9 Å². The first-order valence-electron chi connectivity index (χ1n) is 7.35. The predicted molar refractivity (Wildman–Crippen MR) is 90.8 cm³/mol. The average Bonchev–Trinajstić information content (AvgIpc) is 3.21. The fourth-order valence-corrected chi connectivity index (χ4v) is 4.07. The minimum absolute atomic E-state index is 0.00623. The Labute approximate surface area is 138 Å². The Kier molecular flexibility index (Phi) is 3.73. The third-order valence-electron chi connectivity index (χ3n) is 4.86. The van der Waals surface area contributed by atoms with Gasteiger partial charge < -0.3 is 10.8 Å². The summed E-state index contributed by atoms with van der Waals surface area (Å²) in [6.07, 6.45) is 0.606. The van der Waals surface area contributed by atoms with Crippen LogP contribution in [0.5, 0.6) is 0 Å². The van der Waals surface area contributed by atoms with Crippen LogP contribution in [0.4, 0.5) is 5.69 Å². The third kappa shape index (κ3) is 2.13. The van der Waals surface area contributed by atoms with Gasteiger partial charge in [0.1, 0.15) is 0 Å². The zero-order chi connectivity index (χ0) is 15.9. The van der Waals surface area contributed by atoms with Crippen molar-refractivity contribution in [2.24, 2.45) is 5.41 Å². The number of rotatable bonds is 4. The monoisotopic (exact) mass is 359 g/mol. The Bertz CT molecular complexity index is 716. The standard InChI is InChI=1S/C18H18BrNO2/c1-2-18(17(21)22)15(11-6-4-3-5-7-11)16(18)12-8-9-14(20)13(19)10-12/h3-10,15-16H,2,20H2,1H3,(H,21,22). The molecule has 1 aliphatic carbocycles. The molecule has 0 bridgehead atoms. The molecular weight excluding hydrogens is 342 g/mol. The molecule has 0 aliphatic heterocycles. The number of nitrogens with two attached hydrogens (primary N) is 1. The van der Waals surface area contributed by atoms with Crippen molar-refractivity contribution < 1.29 is 9.90 Å². The summed E-state index contributed by atoms with van der Waals surface area (Å²) in [7, 11) is 0. The van der Waals surface area contributed by atoms with E-state index in [1.54, 1.807) is 0 Å². The van der Waals surface area contributed by atoms with E-state index in [0.29, 0.717) is 12.1 Å². The molecule has 3 rings (SSSR count). The van der Waals surface area contributed by atoms with Crippen LogP contribution in [0.1, 0.15) is 36.3 Å². The molecule has 114 valence electrons. The van der Waals surface area contributed by atoms with E-state index in [-0.39, 0.29) is 11.8 Å². The zero-order valence-electron chi connectivity index (χ0n) is 12.3. The van der Waals surface area contributed by atoms with Crippen LogP contribution in [-0.2, 0) is 4.79 Å². The number of hydrogen-bond donors (Lipinski definition) is 2. The highest BCUT2D eigenvalue weighted by molar-refractivity contribution is 9.10. The minimum atomic E-state index is -0.725. The maximum atomic E-state index is 12.0. The molecule has 0 amide bonds. The normalized spacial score (nSPS) is 26.6. The first kappa shape index (κ1) is 15.1. The molecule has 0 heterocycles. The topological polar surface area (TPSA) is 63.3 Å². The van der Waals surface area contributed by atoms with E-state index in [2.05, 4.69) is 15.9 Å². The van der Waals surface area contributed by atoms with Gasteiger partial charge in [-0.3, -0.25) is 4.79 Å². The number of halogens is 1. The SMILES string of the molecule is CCC1(C(=O)O)C(c2ccccc2)C1c1ccc(N)c(Br)c1. The third-order valence-corrected chi connectivity index (χ3v) is 5.55. The Hall–Kier alpha value is -1.81. The lowest BCUT2D eigenvalue weighted by Gasteiger charge is -2.10. The summed E-state index contributed by atoms with van der Waals surface area (Å²) in [5.41, 5.74) is 7.91. The summed E-state index contributed by atoms with van der Waals surface area (Å²) < 4.78 is 0.819. The highest BCUT2D eigenvalue weighted by Crippen LogP contribution is 2.72. The van der Waals surface area contributed by atoms with Crippen LogP contribution in [-0.4, -0.2) is 11.1 Å². The van der Waals surface area contributed by atoms with Gasteiger partial charge in [0.2, 0.25) is 0 Å². The second-order valence-electron chi connectivity index (χ2n) is 5.85. The molecule has 22 heavy (non-hydrogen) atoms. The van der Waals surface area contributed by atoms with Gasteiger partial charge in [0, 0.05) is 22.0 Å². The van der Waals surface area contributed by atoms with Crippen LogP contribution < -0.4 is 5.73 Å². The van der Waals surface area contributed by atoms with Crippen molar-refractivity contribution in [3.05, 3.63) is 64.1 Å². The van der Waals surface area contributed by atoms with E-state index >= 15 is 0 Å². The fourth-order valence-electron chi connectivity index (χ4n) is 3.67. The van der Waals surface area contributed by atoms with Gasteiger partial charge in [0.25, 0.3) is 0 Å². The molecule has 3 N–H and O–H groups in total. The van der Waals surface area contributed by atoms with Crippen LogP contribution in [0.3, 0.4) is 0 Å². The largest absolute Gasteiger partial charge is 0.481 e. The summed E-state index contributed by atoms with van der Waals surface area (Å²) in [6, 6.07) is 15.7. The van der Waals surface area contributed by atoms with Crippen molar-refractivity contribution in [2.75, 3.05) is 5.73 Å². The van der Waals surface area contributed by atoms with Crippen LogP contribution in [0, 0.1) is 5.41 Å². The number of aliphatic carboxylic acids is 1. The van der Waals surface area contributed by atoms with Gasteiger partial charge in [-0.05, 0) is 45.6 Å². The molecule has 0 saturated heterocycles. The fraction of sp³-hybridized carbons (Fsp3) is 0.278. The average molecular weight is 360 g/mol. The molecule has 0 spiro atoms. The van der Waals surface area contributed by atoms with E-state index in [1.165, 1.54) is 0 Å². The number of anilines is 1. The molecule has 0 radical (unpaired) electrons. The molecule has 1 fully saturated rings. The number of hydrogen-bond acceptors (Lipinski definition) is 2. The number of benzene rings is 2. The Morgan fingerprint density at radius 3 is 2.36 bits per heavy atom. The van der Waals surface area contributed by atoms with Gasteiger partial charge in [-0.15, -0.1) is 0 Å². The highest BCUT2D eigenvalue weighted by atomic mass is 79.9. The van der Waals surface area contributed by atoms with Crippen molar-refractivity contribution >= 4 is 27.6 Å². The first-order chi connectivity index (χ1) is 10.5. The molecule has 1 aliphatic rings. The van der Waals surface area contributed by atoms with E-state index in [1.807, 2.05) is 55.5 Å². The van der Waals surface area contributed by atoms with E-state index < -0.39 is 11.4 Å². The summed E-state index contributed by atoms with van der Waals surface area (Å²) in [4.78, 5) is 12.0. The molecule has 1 saturated carbocycles. The first-order valence-corrected chi connectivity index (χ1v) is 8.15. The van der Waals surface area contributed by atoms with Crippen LogP contribution in [0.15, 0.2) is 53.0 Å². The van der Waals surface area contributed by atoms with Gasteiger partial charge in [0.05, 0.1) is 5.41 Å². The van der Waals surface area contributed by atoms with E-state index in [4.69, 9.17) is 5.73 Å². The van der Waals surface area contributed by atoms with Crippen molar-refractivity contribution in [3.8, 4) is 0 Å². The van der Waals surface area contributed by atoms with Crippen LogP contribution in [0.25, 0.3) is 0 Å². The summed E-state index contributed by atoms with van der Waals surface area (Å²) in [5.74, 6) is -0.733. The van der Waals surface area contributed by atoms with Gasteiger partial charge in [-0.2, -0.15) is 0 Å². The lowest BCUT2D eigenvalue weighted by atomic mass is 9.94. The lowest BCUT2D eigenvalue weighted by molar-refractivity contribution is -0.143. The minimum Gasteiger partial charge on any atom is -0.481 e. The Balaban J connectivity index is 2.08. The van der Waals surface area contributed by atoms with E-state index in [0.717, 1.165) is 15.6 Å². The Morgan fingerprint density at radius 1 is 1.18 bits per heavy atom. The summed E-state index contributed by atoms with van der Waals surface area (Å²) in [5, 5.41) is 9.85. The van der Waals surface area contributed by atoms with Crippen molar-refractivity contribution in [1.29, 1.82) is 0 Å². The zero-order valence-corrected chi connectivity index (χ0v) is 13.9. The van der Waals surface area contributed by atoms with Crippen molar-refractivity contribution in [2.45, 2.75) is 25.2 Å². The summed E-state index contributed by atoms with van der Waals surface area (Å²) in [6.45, 7) is 1.95. The maximum Gasteiger partial charge on any atom is 0.310 e. The molecular formula is C18H18BrNO2. The van der Waals surface area contributed by atoms with Gasteiger partial charge in [0.15, 0.2) is 0 Å². The molecule has 0 aromatic heterocycles. The van der Waals surface area contributed by atoms with Gasteiger partial charge >= 0.3 is 5.97 Å². The van der Waals surface area contributed by atoms with Crippen molar-refractivity contribution in [1.82, 2.24) is 0 Å². The Morgan fingerprint density at radius 2 is 1.82 bits per heavy atom. The number of nitrogen functional groups attached to an aromatic ring is 1. The summed E-state index contributed by atoms with van der Waals surface area (Å²) >= 11 is 3.44. The number of carboxylic acid groups (broad SMARTS) is 1. The molecule has 3 unspecified atom stereocenters. The van der Waals surface area contributed by atoms with E-state index in [9.17, 15) is 9.90 Å². The molecule has 2 aromatic carbocycles. The lowest BCUT2D eigenvalue weighted by Crippen LogP contribution is -2.17. The molecule has 2 aromatic rings. The van der Waals surface area contributed by atoms with Crippen molar-refractivity contribution in [3.63, 3.8) is 0 Å². The highest BCUT2D eigenvalue weighted by Gasteiger charge is 2.69. The predicted octanol–water partition coefficient (Wildman–Crippen LogP) is 4.39. The molecule has 3 atom stereocenters. The number of carbonyl (C=O) groups is 1. The molecule has 3 nitrogen and oxygen atoms in total. The molecule has 4 heteroatoms. The number of carboxylic acids is 1. The van der Waals surface area contributed by atoms with Gasteiger partial charge in [-0.1, -0.05) is 43.3 Å². The smallest absolute Gasteiger partial charge is 0.310 e. The maximum absolute atomic E-state index is 12.0. The second kappa shape index (κ2) is 5.43. The van der Waals surface area contributed by atoms with Crippen LogP contribution in [0.2, 0.25) is 0 Å². The quantitative estimate of drug-likeness (QED) is 0.795.